The van der Waals surface area contributed by atoms with Crippen LogP contribution < -0.4 is 0 Å². The molecule has 4 nitrogen and oxygen atoms in total. The summed E-state index contributed by atoms with van der Waals surface area (Å²) in [4.78, 5) is 7.64. The SMILES string of the molecule is CC.CC.COCCN1CCC(CN2CCN(C)CC2)CC1. The summed E-state index contributed by atoms with van der Waals surface area (Å²) in [5.41, 5.74) is 0. The molecule has 0 saturated carbocycles. The molecule has 0 aromatic carbocycles. The van der Waals surface area contributed by atoms with Gasteiger partial charge in [0.05, 0.1) is 6.61 Å². The number of rotatable bonds is 5. The van der Waals surface area contributed by atoms with E-state index in [1.54, 1.807) is 7.11 Å². The molecule has 2 aliphatic rings. The van der Waals surface area contributed by atoms with Crippen LogP contribution in [0.25, 0.3) is 0 Å². The Labute approximate surface area is 139 Å². The maximum absolute atomic E-state index is 5.15. The van der Waals surface area contributed by atoms with Crippen LogP contribution in [0.4, 0.5) is 0 Å². The first-order valence-corrected chi connectivity index (χ1v) is 9.40. The Morgan fingerprint density at radius 3 is 1.86 bits per heavy atom. The summed E-state index contributed by atoms with van der Waals surface area (Å²) in [5.74, 6) is 0.923. The average Bonchev–Trinajstić information content (AvgIpc) is 2.60. The number of nitrogens with zero attached hydrogens (tertiary/aromatic N) is 3. The zero-order chi connectivity index (χ0) is 16.8. The van der Waals surface area contributed by atoms with E-state index >= 15 is 0 Å². The van der Waals surface area contributed by atoms with E-state index in [1.807, 2.05) is 27.7 Å². The third-order valence-corrected chi connectivity index (χ3v) is 4.43. The number of piperidine rings is 1. The van der Waals surface area contributed by atoms with Crippen LogP contribution in [-0.4, -0.2) is 87.8 Å². The van der Waals surface area contributed by atoms with Crippen molar-refractivity contribution in [3.05, 3.63) is 0 Å². The summed E-state index contributed by atoms with van der Waals surface area (Å²) < 4.78 is 5.15. The number of hydrogen-bond donors (Lipinski definition) is 0. The van der Waals surface area contributed by atoms with Crippen LogP contribution in [-0.2, 0) is 4.74 Å². The molecular formula is C18H41N3O. The van der Waals surface area contributed by atoms with Crippen LogP contribution in [0.2, 0.25) is 0 Å². The first-order chi connectivity index (χ1) is 10.8. The Kier molecular flexibility index (Phi) is 14.3. The van der Waals surface area contributed by atoms with E-state index in [1.165, 1.54) is 58.7 Å². The number of piperazine rings is 1. The van der Waals surface area contributed by atoms with E-state index in [0.29, 0.717) is 0 Å². The van der Waals surface area contributed by atoms with Gasteiger partial charge in [-0.3, -0.25) is 0 Å². The van der Waals surface area contributed by atoms with Gasteiger partial charge in [0.15, 0.2) is 0 Å². The van der Waals surface area contributed by atoms with E-state index in [-0.39, 0.29) is 0 Å². The fraction of sp³-hybridized carbons (Fsp3) is 1.00. The summed E-state index contributed by atoms with van der Waals surface area (Å²) >= 11 is 0. The molecule has 4 heteroatoms. The quantitative estimate of drug-likeness (QED) is 0.776. The topological polar surface area (TPSA) is 19.0 Å². The van der Waals surface area contributed by atoms with Crippen molar-refractivity contribution in [2.45, 2.75) is 40.5 Å². The number of methoxy groups -OCH3 is 1. The summed E-state index contributed by atoms with van der Waals surface area (Å²) in [5, 5.41) is 0. The van der Waals surface area contributed by atoms with Gasteiger partial charge in [0.2, 0.25) is 0 Å². The molecule has 0 amide bonds. The van der Waals surface area contributed by atoms with E-state index in [0.717, 1.165) is 19.1 Å². The number of likely N-dealkylation sites (tertiary alicyclic amines) is 1. The Morgan fingerprint density at radius 2 is 1.36 bits per heavy atom. The highest BCUT2D eigenvalue weighted by atomic mass is 16.5. The van der Waals surface area contributed by atoms with E-state index in [9.17, 15) is 0 Å². The third-order valence-electron chi connectivity index (χ3n) is 4.43. The second-order valence-electron chi connectivity index (χ2n) is 5.88. The van der Waals surface area contributed by atoms with E-state index < -0.39 is 0 Å². The zero-order valence-electron chi connectivity index (χ0n) is 16.1. The summed E-state index contributed by atoms with van der Waals surface area (Å²) in [7, 11) is 4.02. The standard InChI is InChI=1S/C14H29N3O.2C2H6/c1-15-7-9-17(10-8-15)13-14-3-5-16(6-4-14)11-12-18-2;2*1-2/h14H,3-13H2,1-2H3;2*1-2H3. The van der Waals surface area contributed by atoms with Gasteiger partial charge < -0.3 is 19.4 Å². The number of likely N-dealkylation sites (N-methyl/N-ethyl adjacent to an activating group) is 1. The molecule has 2 rings (SSSR count). The fourth-order valence-electron chi connectivity index (χ4n) is 3.01. The van der Waals surface area contributed by atoms with Crippen LogP contribution >= 0.6 is 0 Å². The van der Waals surface area contributed by atoms with Crippen molar-refractivity contribution in [1.82, 2.24) is 14.7 Å². The first kappa shape index (κ1) is 21.8. The van der Waals surface area contributed by atoms with Gasteiger partial charge in [-0.15, -0.1) is 0 Å². The minimum atomic E-state index is 0.878. The van der Waals surface area contributed by atoms with Crippen LogP contribution in [0.1, 0.15) is 40.5 Å². The number of hydrogen-bond acceptors (Lipinski definition) is 4. The first-order valence-electron chi connectivity index (χ1n) is 9.40. The van der Waals surface area contributed by atoms with Gasteiger partial charge in [-0.2, -0.15) is 0 Å². The van der Waals surface area contributed by atoms with Gasteiger partial charge in [-0.05, 0) is 38.9 Å². The Hall–Kier alpha value is -0.160. The molecule has 0 unspecified atom stereocenters. The Bertz CT molecular complexity index is 222. The van der Waals surface area contributed by atoms with Gasteiger partial charge in [0.25, 0.3) is 0 Å². The van der Waals surface area contributed by atoms with Crippen molar-refractivity contribution in [2.75, 3.05) is 73.1 Å². The molecule has 0 aromatic rings. The monoisotopic (exact) mass is 315 g/mol. The molecule has 2 fully saturated rings. The molecule has 2 heterocycles. The smallest absolute Gasteiger partial charge is 0.0589 e. The molecule has 2 saturated heterocycles. The van der Waals surface area contributed by atoms with E-state index in [2.05, 4.69) is 21.7 Å². The second kappa shape index (κ2) is 14.4. The molecule has 0 N–H and O–H groups in total. The van der Waals surface area contributed by atoms with Crippen LogP contribution in [0.3, 0.4) is 0 Å². The molecule has 134 valence electrons. The summed E-state index contributed by atoms with van der Waals surface area (Å²) in [6.45, 7) is 18.9. The van der Waals surface area contributed by atoms with Crippen molar-refractivity contribution in [3.63, 3.8) is 0 Å². The second-order valence-corrected chi connectivity index (χ2v) is 5.88. The van der Waals surface area contributed by atoms with Crippen LogP contribution in [0.15, 0.2) is 0 Å². The Balaban J connectivity index is 0.00000102. The minimum Gasteiger partial charge on any atom is -0.383 e. The lowest BCUT2D eigenvalue weighted by Gasteiger charge is -2.37. The molecule has 0 aliphatic carbocycles. The van der Waals surface area contributed by atoms with Crippen molar-refractivity contribution in [3.8, 4) is 0 Å². The van der Waals surface area contributed by atoms with Crippen LogP contribution in [0, 0.1) is 5.92 Å². The summed E-state index contributed by atoms with van der Waals surface area (Å²) in [6.07, 6.45) is 2.74. The lowest BCUT2D eigenvalue weighted by Crippen LogP contribution is -2.47. The van der Waals surface area contributed by atoms with Gasteiger partial charge in [0.1, 0.15) is 0 Å². The molecule has 0 aromatic heterocycles. The van der Waals surface area contributed by atoms with Crippen molar-refractivity contribution in [1.29, 1.82) is 0 Å². The maximum Gasteiger partial charge on any atom is 0.0589 e. The maximum atomic E-state index is 5.15. The molecule has 22 heavy (non-hydrogen) atoms. The predicted molar refractivity (Wildman–Crippen MR) is 97.7 cm³/mol. The minimum absolute atomic E-state index is 0.878. The molecule has 2 aliphatic heterocycles. The highest BCUT2D eigenvalue weighted by Gasteiger charge is 2.22. The lowest BCUT2D eigenvalue weighted by atomic mass is 9.96. The average molecular weight is 316 g/mol. The molecular weight excluding hydrogens is 274 g/mol. The molecule has 0 radical (unpaired) electrons. The zero-order valence-corrected chi connectivity index (χ0v) is 16.1. The van der Waals surface area contributed by atoms with Crippen molar-refractivity contribution < 1.29 is 4.74 Å². The third kappa shape index (κ3) is 9.09. The summed E-state index contributed by atoms with van der Waals surface area (Å²) in [6, 6.07) is 0. The van der Waals surface area contributed by atoms with Gasteiger partial charge in [0, 0.05) is 46.4 Å². The van der Waals surface area contributed by atoms with Gasteiger partial charge in [-0.25, -0.2) is 0 Å². The highest BCUT2D eigenvalue weighted by Crippen LogP contribution is 2.18. The van der Waals surface area contributed by atoms with E-state index in [4.69, 9.17) is 4.74 Å². The van der Waals surface area contributed by atoms with Gasteiger partial charge in [-0.1, -0.05) is 27.7 Å². The largest absolute Gasteiger partial charge is 0.383 e. The fourth-order valence-corrected chi connectivity index (χ4v) is 3.01. The Morgan fingerprint density at radius 1 is 0.818 bits per heavy atom. The lowest BCUT2D eigenvalue weighted by molar-refractivity contribution is 0.0906. The normalized spacial score (nSPS) is 21.5. The van der Waals surface area contributed by atoms with Crippen molar-refractivity contribution >= 4 is 0 Å². The highest BCUT2D eigenvalue weighted by molar-refractivity contribution is 4.77. The van der Waals surface area contributed by atoms with Crippen LogP contribution in [0.5, 0.6) is 0 Å². The number of ether oxygens (including phenoxy) is 1. The predicted octanol–water partition coefficient (Wildman–Crippen LogP) is 2.64. The molecule has 0 bridgehead atoms. The van der Waals surface area contributed by atoms with Crippen molar-refractivity contribution in [2.24, 2.45) is 5.92 Å². The molecule has 0 atom stereocenters. The van der Waals surface area contributed by atoms with Gasteiger partial charge >= 0.3 is 0 Å². The molecule has 0 spiro atoms.